The highest BCUT2D eigenvalue weighted by molar-refractivity contribution is 7.98. The first-order valence-electron chi connectivity index (χ1n) is 9.65. The van der Waals surface area contributed by atoms with Crippen molar-refractivity contribution >= 4 is 46.2 Å². The molecular formula is C24H20O3S2. The Morgan fingerprint density at radius 2 is 1.48 bits per heavy atom. The summed E-state index contributed by atoms with van der Waals surface area (Å²) in [6.07, 6.45) is 6.22. The van der Waals surface area contributed by atoms with Gasteiger partial charge in [-0.1, -0.05) is 30.3 Å². The van der Waals surface area contributed by atoms with E-state index in [-0.39, 0.29) is 0 Å². The highest BCUT2D eigenvalue weighted by atomic mass is 32.2. The number of aryl methyl sites for hydroxylation is 2. The van der Waals surface area contributed by atoms with Crippen LogP contribution in [0.25, 0.3) is 33.0 Å². The fourth-order valence-corrected chi connectivity index (χ4v) is 5.45. The maximum atomic E-state index is 12.4. The van der Waals surface area contributed by atoms with E-state index in [4.69, 9.17) is 4.74 Å². The molecule has 146 valence electrons. The van der Waals surface area contributed by atoms with Crippen LogP contribution >= 0.6 is 23.5 Å². The fraction of sp³-hybridized carbons (Fsp3) is 0.250. The second-order valence-electron chi connectivity index (χ2n) is 7.37. The second kappa shape index (κ2) is 7.22. The van der Waals surface area contributed by atoms with Crippen molar-refractivity contribution in [1.29, 1.82) is 0 Å². The van der Waals surface area contributed by atoms with Gasteiger partial charge in [-0.3, -0.25) is 0 Å². The molecule has 0 aromatic heterocycles. The van der Waals surface area contributed by atoms with E-state index in [9.17, 15) is 9.59 Å². The molecule has 5 heteroatoms. The molecule has 3 aromatic carbocycles. The molecule has 0 N–H and O–H groups in total. The summed E-state index contributed by atoms with van der Waals surface area (Å²) in [6, 6.07) is 12.5. The first-order chi connectivity index (χ1) is 14.2. The first kappa shape index (κ1) is 18.8. The lowest BCUT2D eigenvalue weighted by molar-refractivity contribution is 0.0444. The van der Waals surface area contributed by atoms with Gasteiger partial charge >= 0.3 is 11.9 Å². The van der Waals surface area contributed by atoms with Crippen molar-refractivity contribution in [1.82, 2.24) is 0 Å². The van der Waals surface area contributed by atoms with Gasteiger partial charge in [-0.25, -0.2) is 9.59 Å². The van der Waals surface area contributed by atoms with Crippen LogP contribution in [0.3, 0.4) is 0 Å². The minimum Gasteiger partial charge on any atom is -0.386 e. The average molecular weight is 421 g/mol. The maximum absolute atomic E-state index is 12.4. The predicted molar refractivity (Wildman–Crippen MR) is 122 cm³/mol. The minimum atomic E-state index is -0.539. The molecule has 0 unspecified atom stereocenters. The van der Waals surface area contributed by atoms with Crippen LogP contribution in [0, 0.1) is 0 Å². The van der Waals surface area contributed by atoms with Gasteiger partial charge in [0.15, 0.2) is 0 Å². The summed E-state index contributed by atoms with van der Waals surface area (Å²) in [5.41, 5.74) is 8.19. The van der Waals surface area contributed by atoms with Crippen LogP contribution in [0.5, 0.6) is 0 Å². The minimum absolute atomic E-state index is 0.391. The van der Waals surface area contributed by atoms with Gasteiger partial charge in [-0.05, 0) is 87.1 Å². The zero-order valence-electron chi connectivity index (χ0n) is 16.3. The van der Waals surface area contributed by atoms with Crippen molar-refractivity contribution in [3.05, 3.63) is 58.7 Å². The Bertz CT molecular complexity index is 1200. The van der Waals surface area contributed by atoms with Gasteiger partial charge < -0.3 is 4.74 Å². The quantitative estimate of drug-likeness (QED) is 0.300. The molecule has 0 atom stereocenters. The summed E-state index contributed by atoms with van der Waals surface area (Å²) in [5, 5.41) is 1.93. The molecule has 0 spiro atoms. The van der Waals surface area contributed by atoms with Crippen LogP contribution in [0.15, 0.2) is 36.4 Å². The molecule has 1 aliphatic carbocycles. The second-order valence-corrected chi connectivity index (χ2v) is 9.34. The van der Waals surface area contributed by atoms with E-state index in [1.807, 2.05) is 35.7 Å². The monoisotopic (exact) mass is 420 g/mol. The molecule has 5 rings (SSSR count). The van der Waals surface area contributed by atoms with Gasteiger partial charge in [0.25, 0.3) is 0 Å². The van der Waals surface area contributed by atoms with E-state index in [1.54, 1.807) is 0 Å². The third kappa shape index (κ3) is 2.75. The number of benzene rings is 3. The molecule has 0 saturated heterocycles. The SMILES string of the molecule is CSCCc1cccc2c1-c1c(CCSC)ccc3c4c(cc-2c13)C(=O)OC4=O. The van der Waals surface area contributed by atoms with E-state index in [1.165, 1.54) is 22.3 Å². The zero-order chi connectivity index (χ0) is 20.1. The molecule has 0 radical (unpaired) electrons. The Labute approximate surface area is 178 Å². The molecule has 0 saturated carbocycles. The van der Waals surface area contributed by atoms with Crippen molar-refractivity contribution < 1.29 is 14.3 Å². The van der Waals surface area contributed by atoms with Crippen molar-refractivity contribution in [2.45, 2.75) is 12.8 Å². The van der Waals surface area contributed by atoms with Crippen LogP contribution in [0.4, 0.5) is 0 Å². The zero-order valence-corrected chi connectivity index (χ0v) is 18.0. The van der Waals surface area contributed by atoms with Gasteiger partial charge in [-0.15, -0.1) is 0 Å². The van der Waals surface area contributed by atoms with Crippen LogP contribution < -0.4 is 0 Å². The molecule has 3 aromatic rings. The van der Waals surface area contributed by atoms with E-state index < -0.39 is 11.9 Å². The molecule has 0 amide bonds. The van der Waals surface area contributed by atoms with Crippen molar-refractivity contribution in [2.75, 3.05) is 24.0 Å². The molecule has 2 aliphatic rings. The highest BCUT2D eigenvalue weighted by Crippen LogP contribution is 2.52. The summed E-state index contributed by atoms with van der Waals surface area (Å²) in [7, 11) is 0. The normalized spacial score (nSPS) is 13.7. The number of thioether (sulfide) groups is 2. The highest BCUT2D eigenvalue weighted by Gasteiger charge is 2.36. The number of cyclic esters (lactones) is 2. The Morgan fingerprint density at radius 1 is 0.759 bits per heavy atom. The third-order valence-electron chi connectivity index (χ3n) is 5.84. The van der Waals surface area contributed by atoms with Gasteiger partial charge in [0.1, 0.15) is 0 Å². The largest absolute Gasteiger partial charge is 0.386 e. The summed E-state index contributed by atoms with van der Waals surface area (Å²) in [6.45, 7) is 0. The number of esters is 2. The van der Waals surface area contributed by atoms with Gasteiger partial charge in [0.2, 0.25) is 0 Å². The van der Waals surface area contributed by atoms with Crippen LogP contribution in [-0.4, -0.2) is 36.0 Å². The predicted octanol–water partition coefficient (Wildman–Crippen LogP) is 5.61. The molecule has 1 aliphatic heterocycles. The number of carbonyl (C=O) groups is 2. The third-order valence-corrected chi connectivity index (χ3v) is 7.06. The lowest BCUT2D eigenvalue weighted by Crippen LogP contribution is -1.99. The number of hydrogen-bond acceptors (Lipinski definition) is 5. The maximum Gasteiger partial charge on any atom is 0.347 e. The van der Waals surface area contributed by atoms with E-state index in [0.717, 1.165) is 46.2 Å². The summed E-state index contributed by atoms with van der Waals surface area (Å²) in [4.78, 5) is 24.7. The molecular weight excluding hydrogens is 400 g/mol. The Balaban J connectivity index is 1.86. The van der Waals surface area contributed by atoms with Gasteiger partial charge in [0, 0.05) is 0 Å². The van der Waals surface area contributed by atoms with Gasteiger partial charge in [-0.2, -0.15) is 23.5 Å². The first-order valence-corrected chi connectivity index (χ1v) is 12.4. The standard InChI is InChI=1S/C24H20O3S2/c1-28-10-8-13-4-3-5-15-17-12-18-22(24(26)27-23(18)25)16-7-6-14(9-11-29-2)20(19(13)15)21(16)17/h3-7,12H,8-11H2,1-2H3. The summed E-state index contributed by atoms with van der Waals surface area (Å²) < 4.78 is 4.93. The number of carbonyl (C=O) groups excluding carboxylic acids is 2. The van der Waals surface area contributed by atoms with E-state index in [0.29, 0.717) is 11.1 Å². The molecule has 29 heavy (non-hydrogen) atoms. The van der Waals surface area contributed by atoms with Crippen LogP contribution in [0.1, 0.15) is 31.8 Å². The van der Waals surface area contributed by atoms with Crippen LogP contribution in [0.2, 0.25) is 0 Å². The Hall–Kier alpha value is -2.24. The van der Waals surface area contributed by atoms with E-state index in [2.05, 4.69) is 36.8 Å². The van der Waals surface area contributed by atoms with Crippen molar-refractivity contribution in [2.24, 2.45) is 0 Å². The number of fused-ring (bicyclic) bond motifs is 5. The molecule has 1 heterocycles. The molecule has 3 nitrogen and oxygen atoms in total. The smallest absolute Gasteiger partial charge is 0.347 e. The lowest BCUT2D eigenvalue weighted by Gasteiger charge is -2.14. The summed E-state index contributed by atoms with van der Waals surface area (Å²) >= 11 is 3.68. The van der Waals surface area contributed by atoms with Crippen molar-refractivity contribution in [3.63, 3.8) is 0 Å². The number of rotatable bonds is 6. The van der Waals surface area contributed by atoms with Gasteiger partial charge in [0.05, 0.1) is 11.1 Å². The number of ether oxygens (including phenoxy) is 1. The summed E-state index contributed by atoms with van der Waals surface area (Å²) in [5.74, 6) is 1.03. The topological polar surface area (TPSA) is 43.4 Å². The lowest BCUT2D eigenvalue weighted by atomic mass is 9.91. The average Bonchev–Trinajstić information content (AvgIpc) is 3.22. The Morgan fingerprint density at radius 3 is 2.21 bits per heavy atom. The Kier molecular flexibility index (Phi) is 4.67. The number of hydrogen-bond donors (Lipinski definition) is 0. The van der Waals surface area contributed by atoms with Crippen LogP contribution in [-0.2, 0) is 17.6 Å². The molecule has 0 bridgehead atoms. The molecule has 0 fully saturated rings. The fourth-order valence-electron chi connectivity index (χ4n) is 4.60. The van der Waals surface area contributed by atoms with E-state index >= 15 is 0 Å². The van der Waals surface area contributed by atoms with Crippen molar-refractivity contribution in [3.8, 4) is 22.3 Å².